The summed E-state index contributed by atoms with van der Waals surface area (Å²) in [4.78, 5) is 24.6. The van der Waals surface area contributed by atoms with Crippen molar-refractivity contribution in [3.63, 3.8) is 0 Å². The van der Waals surface area contributed by atoms with Gasteiger partial charge in [0.05, 0.1) is 11.0 Å². The summed E-state index contributed by atoms with van der Waals surface area (Å²) in [6, 6.07) is 5.31. The standard InChI is InChI=1S/C12H13N5O3/c1-2-9(13)10-12(18)14-11(16-15-10)7-4-3-5-8(6-7)17(19)20/h3-6,9H,2,13H2,1H3,(H,14,16,18). The maximum Gasteiger partial charge on any atom is 0.274 e. The van der Waals surface area contributed by atoms with Gasteiger partial charge in [0.25, 0.3) is 11.2 Å². The third-order valence-electron chi connectivity index (χ3n) is 2.84. The molecular weight excluding hydrogens is 262 g/mol. The van der Waals surface area contributed by atoms with E-state index in [1.54, 1.807) is 6.07 Å². The van der Waals surface area contributed by atoms with Crippen LogP contribution in [0.2, 0.25) is 0 Å². The zero-order chi connectivity index (χ0) is 14.7. The molecule has 2 rings (SSSR count). The zero-order valence-electron chi connectivity index (χ0n) is 10.7. The third-order valence-corrected chi connectivity index (χ3v) is 2.84. The van der Waals surface area contributed by atoms with Crippen molar-refractivity contribution in [3.05, 3.63) is 50.4 Å². The van der Waals surface area contributed by atoms with Gasteiger partial charge in [-0.15, -0.1) is 10.2 Å². The SMILES string of the molecule is CCC(N)c1nnc(-c2cccc([N+](=O)[O-])c2)[nH]c1=O. The first kappa shape index (κ1) is 13.8. The van der Waals surface area contributed by atoms with Crippen LogP contribution in [0.25, 0.3) is 11.4 Å². The number of hydrogen-bond donors (Lipinski definition) is 2. The van der Waals surface area contributed by atoms with Crippen LogP contribution in [0.15, 0.2) is 29.1 Å². The maximum absolute atomic E-state index is 11.9. The summed E-state index contributed by atoms with van der Waals surface area (Å²) in [5.74, 6) is 0.172. The maximum atomic E-state index is 11.9. The summed E-state index contributed by atoms with van der Waals surface area (Å²) >= 11 is 0. The van der Waals surface area contributed by atoms with Crippen molar-refractivity contribution in [1.29, 1.82) is 0 Å². The topological polar surface area (TPSA) is 128 Å². The summed E-state index contributed by atoms with van der Waals surface area (Å²) in [5, 5.41) is 18.4. The van der Waals surface area contributed by atoms with E-state index >= 15 is 0 Å². The Hall–Kier alpha value is -2.61. The number of nitro benzene ring substituents is 1. The molecule has 20 heavy (non-hydrogen) atoms. The van der Waals surface area contributed by atoms with Gasteiger partial charge in [-0.1, -0.05) is 19.1 Å². The monoisotopic (exact) mass is 275 g/mol. The fourth-order valence-electron chi connectivity index (χ4n) is 1.68. The number of nitrogens with one attached hydrogen (secondary N) is 1. The van der Waals surface area contributed by atoms with E-state index in [9.17, 15) is 14.9 Å². The van der Waals surface area contributed by atoms with Gasteiger partial charge < -0.3 is 10.7 Å². The third kappa shape index (κ3) is 2.69. The lowest BCUT2D eigenvalue weighted by Gasteiger charge is -2.06. The molecule has 0 radical (unpaired) electrons. The van der Waals surface area contributed by atoms with Crippen LogP contribution in [-0.4, -0.2) is 20.1 Å². The van der Waals surface area contributed by atoms with Crippen LogP contribution in [0, 0.1) is 10.1 Å². The summed E-state index contributed by atoms with van der Waals surface area (Å²) in [5.41, 5.74) is 5.79. The summed E-state index contributed by atoms with van der Waals surface area (Å²) < 4.78 is 0. The Labute approximate surface area is 113 Å². The quantitative estimate of drug-likeness (QED) is 0.636. The van der Waals surface area contributed by atoms with E-state index < -0.39 is 16.5 Å². The van der Waals surface area contributed by atoms with Gasteiger partial charge in [-0.25, -0.2) is 0 Å². The molecule has 1 unspecified atom stereocenters. The summed E-state index contributed by atoms with van der Waals surface area (Å²) in [6.45, 7) is 1.83. The van der Waals surface area contributed by atoms with Crippen LogP contribution in [0.3, 0.4) is 0 Å². The highest BCUT2D eigenvalue weighted by Gasteiger charge is 2.14. The number of non-ortho nitro benzene ring substituents is 1. The van der Waals surface area contributed by atoms with Gasteiger partial charge in [0.1, 0.15) is 5.69 Å². The van der Waals surface area contributed by atoms with Crippen molar-refractivity contribution in [2.24, 2.45) is 5.73 Å². The van der Waals surface area contributed by atoms with Crippen LogP contribution >= 0.6 is 0 Å². The average molecular weight is 275 g/mol. The van der Waals surface area contributed by atoms with Gasteiger partial charge in [0, 0.05) is 17.7 Å². The molecule has 8 nitrogen and oxygen atoms in total. The fraction of sp³-hybridized carbons (Fsp3) is 0.250. The number of aromatic amines is 1. The average Bonchev–Trinajstić information content (AvgIpc) is 2.46. The zero-order valence-corrected chi connectivity index (χ0v) is 10.7. The number of nitrogens with zero attached hydrogens (tertiary/aromatic N) is 3. The molecule has 0 amide bonds. The van der Waals surface area contributed by atoms with Crippen LogP contribution in [0.5, 0.6) is 0 Å². The molecule has 1 atom stereocenters. The lowest BCUT2D eigenvalue weighted by atomic mass is 10.1. The number of H-pyrrole nitrogens is 1. The second-order valence-corrected chi connectivity index (χ2v) is 4.21. The molecule has 0 saturated heterocycles. The molecule has 0 aliphatic heterocycles. The second-order valence-electron chi connectivity index (χ2n) is 4.21. The van der Waals surface area contributed by atoms with E-state index in [4.69, 9.17) is 5.73 Å². The smallest absolute Gasteiger partial charge is 0.274 e. The molecule has 1 aromatic carbocycles. The van der Waals surface area contributed by atoms with Gasteiger partial charge in [-0.05, 0) is 6.42 Å². The minimum Gasteiger partial charge on any atom is -0.322 e. The highest BCUT2D eigenvalue weighted by molar-refractivity contribution is 5.58. The lowest BCUT2D eigenvalue weighted by molar-refractivity contribution is -0.384. The largest absolute Gasteiger partial charge is 0.322 e. The molecule has 3 N–H and O–H groups in total. The molecule has 0 bridgehead atoms. The Kier molecular flexibility index (Phi) is 3.85. The molecule has 0 saturated carbocycles. The molecule has 0 aliphatic carbocycles. The van der Waals surface area contributed by atoms with Crippen molar-refractivity contribution >= 4 is 5.69 Å². The summed E-state index contributed by atoms with van der Waals surface area (Å²) in [6.07, 6.45) is 0.563. The Morgan fingerprint density at radius 1 is 1.45 bits per heavy atom. The second kappa shape index (κ2) is 5.57. The molecule has 1 heterocycles. The highest BCUT2D eigenvalue weighted by atomic mass is 16.6. The van der Waals surface area contributed by atoms with Gasteiger partial charge in [-0.3, -0.25) is 14.9 Å². The van der Waals surface area contributed by atoms with E-state index in [1.165, 1.54) is 18.2 Å². The number of benzene rings is 1. The molecular formula is C12H13N5O3. The Balaban J connectivity index is 2.44. The predicted molar refractivity (Wildman–Crippen MR) is 72.0 cm³/mol. The number of hydrogen-bond acceptors (Lipinski definition) is 6. The van der Waals surface area contributed by atoms with E-state index in [0.29, 0.717) is 12.0 Å². The van der Waals surface area contributed by atoms with Crippen LogP contribution < -0.4 is 11.3 Å². The molecule has 8 heteroatoms. The number of nitrogens with two attached hydrogens (primary N) is 1. The first-order valence-corrected chi connectivity index (χ1v) is 6.00. The molecule has 2 aromatic rings. The van der Waals surface area contributed by atoms with E-state index in [-0.39, 0.29) is 17.2 Å². The van der Waals surface area contributed by atoms with Crippen LogP contribution in [0.1, 0.15) is 25.1 Å². The first-order valence-electron chi connectivity index (χ1n) is 6.00. The van der Waals surface area contributed by atoms with Crippen molar-refractivity contribution in [3.8, 4) is 11.4 Å². The van der Waals surface area contributed by atoms with Crippen LogP contribution in [0.4, 0.5) is 5.69 Å². The van der Waals surface area contributed by atoms with Crippen LogP contribution in [-0.2, 0) is 0 Å². The normalized spacial score (nSPS) is 12.1. The Morgan fingerprint density at radius 2 is 2.20 bits per heavy atom. The molecule has 0 spiro atoms. The van der Waals surface area contributed by atoms with Gasteiger partial charge in [-0.2, -0.15) is 0 Å². The molecule has 104 valence electrons. The predicted octanol–water partition coefficient (Wildman–Crippen LogP) is 1.15. The Bertz CT molecular complexity index is 697. The number of rotatable bonds is 4. The van der Waals surface area contributed by atoms with E-state index in [1.807, 2.05) is 6.92 Å². The Morgan fingerprint density at radius 3 is 2.80 bits per heavy atom. The number of aromatic nitrogens is 3. The number of nitro groups is 1. The van der Waals surface area contributed by atoms with Crippen molar-refractivity contribution < 1.29 is 4.92 Å². The lowest BCUT2D eigenvalue weighted by Crippen LogP contribution is -2.24. The molecule has 0 fully saturated rings. The van der Waals surface area contributed by atoms with Gasteiger partial charge in [0.2, 0.25) is 0 Å². The van der Waals surface area contributed by atoms with Gasteiger partial charge in [0.15, 0.2) is 5.82 Å². The molecule has 1 aromatic heterocycles. The van der Waals surface area contributed by atoms with E-state index in [0.717, 1.165) is 0 Å². The van der Waals surface area contributed by atoms with Crippen molar-refractivity contribution in [2.75, 3.05) is 0 Å². The van der Waals surface area contributed by atoms with E-state index in [2.05, 4.69) is 15.2 Å². The van der Waals surface area contributed by atoms with Crippen molar-refractivity contribution in [1.82, 2.24) is 15.2 Å². The van der Waals surface area contributed by atoms with Crippen molar-refractivity contribution in [2.45, 2.75) is 19.4 Å². The fourth-order valence-corrected chi connectivity index (χ4v) is 1.68. The molecule has 0 aliphatic rings. The first-order chi connectivity index (χ1) is 9.52. The minimum absolute atomic E-state index is 0.0838. The van der Waals surface area contributed by atoms with Gasteiger partial charge >= 0.3 is 0 Å². The minimum atomic E-state index is -0.517. The highest BCUT2D eigenvalue weighted by Crippen LogP contribution is 2.19. The summed E-state index contributed by atoms with van der Waals surface area (Å²) in [7, 11) is 0.